The second-order valence-electron chi connectivity index (χ2n) is 1.91. The zero-order chi connectivity index (χ0) is 6.53. The largest absolute Gasteiger partial charge is 0.0876 e. The highest BCUT2D eigenvalue weighted by Gasteiger charge is 1.85. The average molecular weight is 118 g/mol. The summed E-state index contributed by atoms with van der Waals surface area (Å²) in [6, 6.07) is 0. The Bertz CT molecular complexity index is 176. The molecule has 0 aromatic carbocycles. The van der Waals surface area contributed by atoms with Crippen LogP contribution >= 0.6 is 0 Å². The lowest BCUT2D eigenvalue weighted by atomic mass is 10.3. The molecule has 0 N–H and O–H groups in total. The third-order valence-corrected chi connectivity index (χ3v) is 1.17. The molecule has 0 saturated carbocycles. The summed E-state index contributed by atoms with van der Waals surface area (Å²) in [5.74, 6) is 0. The monoisotopic (exact) mass is 118 g/mol. The molecule has 0 saturated heterocycles. The molecule has 1 aliphatic rings. The summed E-state index contributed by atoms with van der Waals surface area (Å²) < 4.78 is 0. The van der Waals surface area contributed by atoms with Gasteiger partial charge in [0.2, 0.25) is 0 Å². The maximum Gasteiger partial charge on any atom is -0.0257 e. The van der Waals surface area contributed by atoms with Gasteiger partial charge in [-0.05, 0) is 12.5 Å². The molecule has 1 rings (SSSR count). The molecule has 0 heteroatoms. The first-order chi connectivity index (χ1) is 4.43. The fourth-order valence-corrected chi connectivity index (χ4v) is 0.707. The van der Waals surface area contributed by atoms with Crippen LogP contribution in [-0.4, -0.2) is 0 Å². The summed E-state index contributed by atoms with van der Waals surface area (Å²) in [6.07, 6.45) is 14.4. The van der Waals surface area contributed by atoms with Crippen molar-refractivity contribution in [2.45, 2.75) is 6.92 Å². The Kier molecular flexibility index (Phi) is 2.08. The van der Waals surface area contributed by atoms with Crippen LogP contribution in [0, 0.1) is 0 Å². The van der Waals surface area contributed by atoms with Gasteiger partial charge in [0.25, 0.3) is 0 Å². The van der Waals surface area contributed by atoms with Crippen molar-refractivity contribution < 1.29 is 0 Å². The Morgan fingerprint density at radius 3 is 2.44 bits per heavy atom. The average Bonchev–Trinajstić information content (AvgIpc) is 2.34. The molecular weight excluding hydrogens is 108 g/mol. The van der Waals surface area contributed by atoms with Crippen molar-refractivity contribution in [2.24, 2.45) is 0 Å². The van der Waals surface area contributed by atoms with Crippen molar-refractivity contribution in [3.05, 3.63) is 48.1 Å². The normalized spacial score (nSPS) is 15.9. The summed E-state index contributed by atoms with van der Waals surface area (Å²) in [5, 5.41) is 0. The molecule has 0 nitrogen and oxygen atoms in total. The van der Waals surface area contributed by atoms with Crippen LogP contribution in [0.15, 0.2) is 48.1 Å². The van der Waals surface area contributed by atoms with Gasteiger partial charge >= 0.3 is 0 Å². The molecule has 0 aromatic rings. The van der Waals surface area contributed by atoms with Gasteiger partial charge < -0.3 is 0 Å². The lowest BCUT2D eigenvalue weighted by Crippen LogP contribution is -1.60. The van der Waals surface area contributed by atoms with Crippen LogP contribution < -0.4 is 0 Å². The number of rotatable bonds is 1. The van der Waals surface area contributed by atoms with E-state index < -0.39 is 0 Å². The first-order valence-electron chi connectivity index (χ1n) is 3.11. The van der Waals surface area contributed by atoms with E-state index in [1.54, 1.807) is 0 Å². The number of allylic oxidation sites excluding steroid dienone is 8. The SMILES string of the molecule is C/C=C/C=C1C=CC=C1. The van der Waals surface area contributed by atoms with E-state index >= 15 is 0 Å². The third-order valence-electron chi connectivity index (χ3n) is 1.17. The highest BCUT2D eigenvalue weighted by molar-refractivity contribution is 5.41. The Morgan fingerprint density at radius 1 is 1.22 bits per heavy atom. The zero-order valence-electron chi connectivity index (χ0n) is 5.54. The van der Waals surface area contributed by atoms with Crippen molar-refractivity contribution in [1.82, 2.24) is 0 Å². The second kappa shape index (κ2) is 3.08. The highest BCUT2D eigenvalue weighted by Crippen LogP contribution is 2.06. The third kappa shape index (κ3) is 1.73. The van der Waals surface area contributed by atoms with Crippen molar-refractivity contribution in [2.75, 3.05) is 0 Å². The Morgan fingerprint density at radius 2 is 1.89 bits per heavy atom. The molecule has 0 bridgehead atoms. The summed E-state index contributed by atoms with van der Waals surface area (Å²) in [5.41, 5.74) is 1.27. The summed E-state index contributed by atoms with van der Waals surface area (Å²) in [6.45, 7) is 2.01. The summed E-state index contributed by atoms with van der Waals surface area (Å²) in [7, 11) is 0. The zero-order valence-corrected chi connectivity index (χ0v) is 5.54. The van der Waals surface area contributed by atoms with Gasteiger partial charge in [-0.1, -0.05) is 42.5 Å². The van der Waals surface area contributed by atoms with Crippen molar-refractivity contribution in [1.29, 1.82) is 0 Å². The first-order valence-corrected chi connectivity index (χ1v) is 3.11. The number of hydrogen-bond donors (Lipinski definition) is 0. The molecule has 0 fully saturated rings. The van der Waals surface area contributed by atoms with Gasteiger partial charge in [0.15, 0.2) is 0 Å². The molecule has 0 heterocycles. The van der Waals surface area contributed by atoms with Crippen LogP contribution in [0.2, 0.25) is 0 Å². The minimum Gasteiger partial charge on any atom is -0.0876 e. The number of hydrogen-bond acceptors (Lipinski definition) is 0. The van der Waals surface area contributed by atoms with Crippen LogP contribution in [0.3, 0.4) is 0 Å². The predicted octanol–water partition coefficient (Wildman–Crippen LogP) is 2.61. The van der Waals surface area contributed by atoms with Crippen LogP contribution in [0.25, 0.3) is 0 Å². The Hall–Kier alpha value is -1.04. The van der Waals surface area contributed by atoms with E-state index in [-0.39, 0.29) is 0 Å². The van der Waals surface area contributed by atoms with E-state index in [4.69, 9.17) is 0 Å². The molecular formula is C9H10. The Balaban J connectivity index is 2.62. The molecule has 0 atom stereocenters. The van der Waals surface area contributed by atoms with Gasteiger partial charge in [0, 0.05) is 0 Å². The molecule has 0 aliphatic heterocycles. The standard InChI is InChI=1S/C9H10/c1-2-3-6-9-7-4-5-8-9/h2-8H,1H3/b3-2+. The van der Waals surface area contributed by atoms with Crippen LogP contribution in [0.1, 0.15) is 6.92 Å². The lowest BCUT2D eigenvalue weighted by molar-refractivity contribution is 1.69. The molecule has 1 aliphatic carbocycles. The van der Waals surface area contributed by atoms with Gasteiger partial charge in [-0.15, -0.1) is 0 Å². The van der Waals surface area contributed by atoms with Gasteiger partial charge in [-0.3, -0.25) is 0 Å². The van der Waals surface area contributed by atoms with Crippen LogP contribution in [-0.2, 0) is 0 Å². The molecule has 0 amide bonds. The fourth-order valence-electron chi connectivity index (χ4n) is 0.707. The molecule has 0 spiro atoms. The van der Waals surface area contributed by atoms with E-state index in [2.05, 4.69) is 18.2 Å². The minimum absolute atomic E-state index is 1.27. The van der Waals surface area contributed by atoms with E-state index in [1.165, 1.54) is 5.57 Å². The fraction of sp³-hybridized carbons (Fsp3) is 0.111. The van der Waals surface area contributed by atoms with Gasteiger partial charge in [-0.2, -0.15) is 0 Å². The van der Waals surface area contributed by atoms with Crippen LogP contribution in [0.4, 0.5) is 0 Å². The second-order valence-corrected chi connectivity index (χ2v) is 1.91. The Labute approximate surface area is 55.9 Å². The first kappa shape index (κ1) is 6.09. The quantitative estimate of drug-likeness (QED) is 0.496. The van der Waals surface area contributed by atoms with Crippen molar-refractivity contribution in [3.63, 3.8) is 0 Å². The highest BCUT2D eigenvalue weighted by atomic mass is 13.9. The van der Waals surface area contributed by atoms with Crippen molar-refractivity contribution in [3.8, 4) is 0 Å². The van der Waals surface area contributed by atoms with E-state index in [1.807, 2.05) is 31.2 Å². The van der Waals surface area contributed by atoms with Gasteiger partial charge in [0.05, 0.1) is 0 Å². The summed E-state index contributed by atoms with van der Waals surface area (Å²) >= 11 is 0. The van der Waals surface area contributed by atoms with Crippen LogP contribution in [0.5, 0.6) is 0 Å². The van der Waals surface area contributed by atoms with Gasteiger partial charge in [-0.25, -0.2) is 0 Å². The smallest absolute Gasteiger partial charge is 0.0257 e. The molecule has 0 aromatic heterocycles. The van der Waals surface area contributed by atoms with E-state index in [0.29, 0.717) is 0 Å². The molecule has 0 radical (unpaired) electrons. The molecule has 9 heavy (non-hydrogen) atoms. The minimum atomic E-state index is 1.27. The van der Waals surface area contributed by atoms with Crippen molar-refractivity contribution >= 4 is 0 Å². The van der Waals surface area contributed by atoms with Gasteiger partial charge in [0.1, 0.15) is 0 Å². The van der Waals surface area contributed by atoms with E-state index in [0.717, 1.165) is 0 Å². The maximum atomic E-state index is 2.08. The lowest BCUT2D eigenvalue weighted by Gasteiger charge is -1.81. The molecule has 0 unspecified atom stereocenters. The maximum absolute atomic E-state index is 2.08. The topological polar surface area (TPSA) is 0 Å². The summed E-state index contributed by atoms with van der Waals surface area (Å²) in [4.78, 5) is 0. The van der Waals surface area contributed by atoms with E-state index in [9.17, 15) is 0 Å². The predicted molar refractivity (Wildman–Crippen MR) is 41.2 cm³/mol. The molecule has 46 valence electrons.